The van der Waals surface area contributed by atoms with Crippen molar-refractivity contribution in [3.63, 3.8) is 0 Å². The van der Waals surface area contributed by atoms with E-state index >= 15 is 0 Å². The molecule has 0 unspecified atom stereocenters. The molecular formula is C23H32N2O. The van der Waals surface area contributed by atoms with Crippen LogP contribution in [0.5, 0.6) is 0 Å². The van der Waals surface area contributed by atoms with Crippen LogP contribution in [0.25, 0.3) is 0 Å². The minimum atomic E-state index is 0.301. The number of amides is 1. The topological polar surface area (TPSA) is 23.6 Å². The summed E-state index contributed by atoms with van der Waals surface area (Å²) in [4.78, 5) is 18.1. The first-order valence-electron chi connectivity index (χ1n) is 11.0. The Morgan fingerprint density at radius 1 is 0.846 bits per heavy atom. The largest absolute Gasteiger partial charge is 0.372 e. The molecule has 3 heteroatoms. The molecule has 3 fully saturated rings. The fourth-order valence-electron chi connectivity index (χ4n) is 5.96. The Morgan fingerprint density at radius 2 is 1.62 bits per heavy atom. The van der Waals surface area contributed by atoms with Gasteiger partial charge in [-0.05, 0) is 74.1 Å². The van der Waals surface area contributed by atoms with Crippen molar-refractivity contribution in [1.29, 1.82) is 0 Å². The molecule has 5 rings (SSSR count). The van der Waals surface area contributed by atoms with E-state index in [0.29, 0.717) is 23.8 Å². The van der Waals surface area contributed by atoms with Crippen LogP contribution in [0.2, 0.25) is 0 Å². The van der Waals surface area contributed by atoms with Gasteiger partial charge in [-0.15, -0.1) is 0 Å². The highest BCUT2D eigenvalue weighted by molar-refractivity contribution is 5.80. The third-order valence-corrected chi connectivity index (χ3v) is 7.43. The first-order valence-corrected chi connectivity index (χ1v) is 11.0. The Morgan fingerprint density at radius 3 is 2.42 bits per heavy atom. The van der Waals surface area contributed by atoms with Crippen molar-refractivity contribution >= 4 is 11.6 Å². The summed E-state index contributed by atoms with van der Waals surface area (Å²) in [7, 11) is 0. The lowest BCUT2D eigenvalue weighted by Crippen LogP contribution is -2.41. The van der Waals surface area contributed by atoms with Crippen LogP contribution in [0.4, 0.5) is 5.69 Å². The zero-order valence-electron chi connectivity index (χ0n) is 16.0. The fourth-order valence-corrected chi connectivity index (χ4v) is 5.96. The fraction of sp³-hybridized carbons (Fsp3) is 0.696. The molecule has 2 heterocycles. The molecule has 2 aliphatic heterocycles. The second-order valence-electron chi connectivity index (χ2n) is 8.96. The first kappa shape index (κ1) is 16.6. The van der Waals surface area contributed by atoms with Gasteiger partial charge in [0.05, 0.1) is 6.04 Å². The van der Waals surface area contributed by atoms with E-state index in [0.717, 1.165) is 32.2 Å². The number of anilines is 1. The number of carbonyl (C=O) groups is 1. The number of piperidine rings is 2. The summed E-state index contributed by atoms with van der Waals surface area (Å²) in [6.45, 7) is 3.35. The summed E-state index contributed by atoms with van der Waals surface area (Å²) in [6, 6.07) is 7.52. The summed E-state index contributed by atoms with van der Waals surface area (Å²) in [6.07, 6.45) is 12.4. The molecule has 1 aromatic carbocycles. The van der Waals surface area contributed by atoms with Gasteiger partial charge in [-0.3, -0.25) is 4.79 Å². The second kappa shape index (κ2) is 6.90. The van der Waals surface area contributed by atoms with Crippen LogP contribution in [-0.4, -0.2) is 30.4 Å². The molecule has 0 radical (unpaired) electrons. The summed E-state index contributed by atoms with van der Waals surface area (Å²) in [5, 5.41) is 0. The van der Waals surface area contributed by atoms with E-state index in [9.17, 15) is 4.79 Å². The third-order valence-electron chi connectivity index (χ3n) is 7.43. The van der Waals surface area contributed by atoms with E-state index in [1.807, 2.05) is 0 Å². The van der Waals surface area contributed by atoms with Crippen molar-refractivity contribution in [2.24, 2.45) is 5.92 Å². The Labute approximate surface area is 157 Å². The summed E-state index contributed by atoms with van der Waals surface area (Å²) < 4.78 is 0. The molecular weight excluding hydrogens is 320 g/mol. The lowest BCUT2D eigenvalue weighted by molar-refractivity contribution is -0.140. The zero-order chi connectivity index (χ0) is 17.5. The average Bonchev–Trinajstić information content (AvgIpc) is 3.01. The molecule has 2 aliphatic carbocycles. The van der Waals surface area contributed by atoms with E-state index < -0.39 is 0 Å². The molecule has 2 saturated heterocycles. The van der Waals surface area contributed by atoms with E-state index in [1.165, 1.54) is 68.4 Å². The molecule has 2 atom stereocenters. The second-order valence-corrected chi connectivity index (χ2v) is 8.96. The van der Waals surface area contributed by atoms with Crippen LogP contribution in [0.3, 0.4) is 0 Å². The molecule has 0 spiro atoms. The molecule has 1 aromatic rings. The lowest BCUT2D eigenvalue weighted by atomic mass is 9.87. The number of hydrogen-bond acceptors (Lipinski definition) is 2. The van der Waals surface area contributed by atoms with Crippen LogP contribution in [-0.2, 0) is 4.79 Å². The third kappa shape index (κ3) is 2.84. The van der Waals surface area contributed by atoms with Gasteiger partial charge in [0, 0.05) is 31.2 Å². The minimum absolute atomic E-state index is 0.301. The molecule has 2 bridgehead atoms. The maximum absolute atomic E-state index is 13.3. The number of fused-ring (bicyclic) bond motifs is 5. The quantitative estimate of drug-likeness (QED) is 0.746. The molecule has 0 N–H and O–H groups in total. The van der Waals surface area contributed by atoms with Crippen LogP contribution < -0.4 is 4.90 Å². The standard InChI is InChI=1S/C23H32N2O/c26-23(17-7-3-1-4-8-17)25-14-11-18-15-22(25)21-16-19(9-10-20(18)21)24-12-5-2-6-13-24/h9-10,16-18,22H,1-8,11-15H2/t18-,22-/m1/s1. The highest BCUT2D eigenvalue weighted by atomic mass is 16.2. The van der Waals surface area contributed by atoms with Crippen molar-refractivity contribution < 1.29 is 4.79 Å². The Balaban J connectivity index is 1.41. The van der Waals surface area contributed by atoms with Gasteiger partial charge in [-0.2, -0.15) is 0 Å². The molecule has 1 amide bonds. The summed E-state index contributed by atoms with van der Waals surface area (Å²) in [5.74, 6) is 1.44. The van der Waals surface area contributed by atoms with Crippen molar-refractivity contribution in [3.05, 3.63) is 29.3 Å². The number of rotatable bonds is 2. The average molecular weight is 353 g/mol. The Bertz CT molecular complexity index is 673. The van der Waals surface area contributed by atoms with E-state index in [2.05, 4.69) is 28.0 Å². The van der Waals surface area contributed by atoms with Gasteiger partial charge in [0.25, 0.3) is 0 Å². The first-order chi connectivity index (χ1) is 12.8. The lowest BCUT2D eigenvalue weighted by Gasteiger charge is -2.37. The number of hydrogen-bond donors (Lipinski definition) is 0. The van der Waals surface area contributed by atoms with Crippen LogP contribution in [0, 0.1) is 5.92 Å². The number of carbonyl (C=O) groups excluding carboxylic acids is 1. The van der Waals surface area contributed by atoms with Crippen molar-refractivity contribution in [3.8, 4) is 0 Å². The summed E-state index contributed by atoms with van der Waals surface area (Å²) in [5.41, 5.74) is 4.40. The highest BCUT2D eigenvalue weighted by Crippen LogP contribution is 2.50. The Kier molecular flexibility index (Phi) is 4.42. The maximum atomic E-state index is 13.3. The summed E-state index contributed by atoms with van der Waals surface area (Å²) >= 11 is 0. The maximum Gasteiger partial charge on any atom is 0.226 e. The smallest absolute Gasteiger partial charge is 0.226 e. The Hall–Kier alpha value is -1.51. The van der Waals surface area contributed by atoms with Gasteiger partial charge in [-0.1, -0.05) is 25.3 Å². The molecule has 3 nitrogen and oxygen atoms in total. The number of benzene rings is 1. The normalized spacial score (nSPS) is 28.9. The molecule has 1 saturated carbocycles. The van der Waals surface area contributed by atoms with Gasteiger partial charge >= 0.3 is 0 Å². The van der Waals surface area contributed by atoms with Crippen LogP contribution in [0.15, 0.2) is 18.2 Å². The van der Waals surface area contributed by atoms with Crippen molar-refractivity contribution in [1.82, 2.24) is 4.90 Å². The zero-order valence-corrected chi connectivity index (χ0v) is 16.0. The van der Waals surface area contributed by atoms with Crippen LogP contribution in [0.1, 0.15) is 87.3 Å². The van der Waals surface area contributed by atoms with E-state index in [4.69, 9.17) is 0 Å². The number of nitrogens with zero attached hydrogens (tertiary/aromatic N) is 2. The van der Waals surface area contributed by atoms with Crippen LogP contribution >= 0.6 is 0 Å². The highest BCUT2D eigenvalue weighted by Gasteiger charge is 2.42. The van der Waals surface area contributed by atoms with Gasteiger partial charge in [0.2, 0.25) is 5.91 Å². The van der Waals surface area contributed by atoms with Crippen molar-refractivity contribution in [2.75, 3.05) is 24.5 Å². The minimum Gasteiger partial charge on any atom is -0.372 e. The van der Waals surface area contributed by atoms with Gasteiger partial charge in [0.15, 0.2) is 0 Å². The molecule has 26 heavy (non-hydrogen) atoms. The SMILES string of the molecule is O=C(C1CCCCC1)N1CC[C@@H]2C[C@@H]1c1cc(N3CCCCC3)ccc12. The van der Waals surface area contributed by atoms with Gasteiger partial charge in [0.1, 0.15) is 0 Å². The molecule has 4 aliphatic rings. The monoisotopic (exact) mass is 352 g/mol. The van der Waals surface area contributed by atoms with E-state index in [1.54, 1.807) is 0 Å². The number of likely N-dealkylation sites (tertiary alicyclic amines) is 1. The van der Waals surface area contributed by atoms with Crippen molar-refractivity contribution in [2.45, 2.75) is 76.2 Å². The van der Waals surface area contributed by atoms with Gasteiger partial charge in [-0.25, -0.2) is 0 Å². The molecule has 0 aromatic heterocycles. The molecule has 140 valence electrons. The predicted octanol–water partition coefficient (Wildman–Crippen LogP) is 5.02. The van der Waals surface area contributed by atoms with E-state index in [-0.39, 0.29) is 0 Å². The van der Waals surface area contributed by atoms with Gasteiger partial charge < -0.3 is 9.80 Å². The predicted molar refractivity (Wildman–Crippen MR) is 106 cm³/mol.